The van der Waals surface area contributed by atoms with Crippen molar-refractivity contribution in [1.82, 2.24) is 10.6 Å². The summed E-state index contributed by atoms with van der Waals surface area (Å²) in [6, 6.07) is -1.05. The average molecular weight is 903 g/mol. The predicted octanol–water partition coefficient (Wildman–Crippen LogP) is 5.96. The van der Waals surface area contributed by atoms with Crippen molar-refractivity contribution < 1.29 is 114 Å². The molecule has 1 rings (SSSR count). The van der Waals surface area contributed by atoms with Gasteiger partial charge in [0.1, 0.15) is 31.8 Å². The zero-order valence-electron chi connectivity index (χ0n) is 31.6. The smallest absolute Gasteiger partial charge is 0.462 e. The Hall–Kier alpha value is -4.66. The molecular formula is C33H39F13N2O12. The van der Waals surface area contributed by atoms with Crippen molar-refractivity contribution in [2.45, 2.75) is 88.1 Å². The van der Waals surface area contributed by atoms with Gasteiger partial charge in [0.05, 0.1) is 6.54 Å². The molecule has 0 heterocycles. The molecule has 2 N–H and O–H groups in total. The Morgan fingerprint density at radius 2 is 1.05 bits per heavy atom. The summed E-state index contributed by atoms with van der Waals surface area (Å²) in [7, 11) is 0. The van der Waals surface area contributed by atoms with E-state index in [0.29, 0.717) is 0 Å². The molecule has 1 fully saturated rings. The first-order valence-corrected chi connectivity index (χ1v) is 16.6. The molecule has 14 nitrogen and oxygen atoms in total. The number of rotatable bonds is 23. The maximum absolute atomic E-state index is 14.0. The molecule has 2 unspecified atom stereocenters. The van der Waals surface area contributed by atoms with Gasteiger partial charge >= 0.3 is 66.5 Å². The molecule has 1 saturated carbocycles. The normalized spacial score (nSPS) is 19.0. The van der Waals surface area contributed by atoms with Gasteiger partial charge in [-0.15, -0.1) is 0 Å². The van der Waals surface area contributed by atoms with Gasteiger partial charge in [0.2, 0.25) is 0 Å². The Morgan fingerprint density at radius 3 is 1.48 bits per heavy atom. The lowest BCUT2D eigenvalue weighted by Crippen LogP contribution is -2.60. The van der Waals surface area contributed by atoms with Crippen molar-refractivity contribution in [1.29, 1.82) is 0 Å². The first-order valence-electron chi connectivity index (χ1n) is 16.6. The molecule has 0 aromatic rings. The zero-order valence-corrected chi connectivity index (χ0v) is 31.6. The van der Waals surface area contributed by atoms with Crippen molar-refractivity contribution in [3.63, 3.8) is 0 Å². The summed E-state index contributed by atoms with van der Waals surface area (Å²) in [5, 5.41) is 4.94. The van der Waals surface area contributed by atoms with E-state index < -0.39 is 128 Å². The minimum atomic E-state index is -7.52. The SMILES string of the molecule is C=CC(=O)OCC(COC(=O)C=C)(COC(=O)C=C)COC(=O)CNC1(C)CC(NC(=O)OCC(F)(F)OC(F)(F)C(F)(F)OC(F)(F)C(F)(F)C(F)(F)F)CC(C)(C)C1. The highest BCUT2D eigenvalue weighted by Crippen LogP contribution is 2.52. The average Bonchev–Trinajstić information content (AvgIpc) is 3.09. The highest BCUT2D eigenvalue weighted by molar-refractivity contribution is 5.82. The summed E-state index contributed by atoms with van der Waals surface area (Å²) in [6.45, 7) is 8.62. The summed E-state index contributed by atoms with van der Waals surface area (Å²) >= 11 is 0. The second-order valence-corrected chi connectivity index (χ2v) is 14.1. The molecule has 2 atom stereocenters. The Bertz CT molecular complexity index is 1530. The number of hydrogen-bond acceptors (Lipinski definition) is 13. The van der Waals surface area contributed by atoms with E-state index in [0.717, 1.165) is 18.2 Å². The molecule has 0 radical (unpaired) electrons. The molecule has 1 amide bonds. The number of alkyl halides is 13. The summed E-state index contributed by atoms with van der Waals surface area (Å²) in [5.41, 5.74) is -3.56. The molecule has 0 aliphatic heterocycles. The van der Waals surface area contributed by atoms with Crippen LogP contribution in [0.4, 0.5) is 61.9 Å². The van der Waals surface area contributed by atoms with Gasteiger partial charge in [0, 0.05) is 29.8 Å². The molecule has 1 aliphatic carbocycles. The molecule has 0 spiro atoms. The van der Waals surface area contributed by atoms with Crippen molar-refractivity contribution in [2.24, 2.45) is 10.8 Å². The van der Waals surface area contributed by atoms with E-state index in [4.69, 9.17) is 18.9 Å². The van der Waals surface area contributed by atoms with E-state index in [1.165, 1.54) is 6.92 Å². The van der Waals surface area contributed by atoms with E-state index in [1.807, 2.05) is 0 Å². The lowest BCUT2D eigenvalue weighted by Gasteiger charge is -2.47. The quantitative estimate of drug-likeness (QED) is 0.0533. The number of carbonyl (C=O) groups is 5. The fourth-order valence-electron chi connectivity index (χ4n) is 5.47. The number of alkyl carbamates (subject to hydrolysis) is 1. The van der Waals surface area contributed by atoms with Crippen LogP contribution < -0.4 is 10.6 Å². The Balaban J connectivity index is 3.01. The standard InChI is InChI=1S/C33H39F13N2O12/c1-7-20(49)54-14-27(15-55-21(50)8-2,16-56-22(51)9-3)17-57-23(52)12-47-26(6)11-19(10-25(4,5)13-26)48-24(53)58-18-28(34,35)59-32(43,44)33(45,46)60-31(41,42)29(36,37)30(38,39)40/h7-9,19,47H,1-3,10-18H2,4-6H3,(H,48,53). The minimum absolute atomic E-state index is 0.0495. The highest BCUT2D eigenvalue weighted by atomic mass is 19.4. The molecule has 0 aromatic carbocycles. The van der Waals surface area contributed by atoms with Crippen molar-refractivity contribution in [3.05, 3.63) is 38.0 Å². The van der Waals surface area contributed by atoms with Crippen molar-refractivity contribution >= 4 is 30.0 Å². The monoisotopic (exact) mass is 902 g/mol. The fourth-order valence-corrected chi connectivity index (χ4v) is 5.47. The molecule has 344 valence electrons. The van der Waals surface area contributed by atoms with Gasteiger partial charge in [-0.25, -0.2) is 28.7 Å². The summed E-state index contributed by atoms with van der Waals surface area (Å²) < 4.78 is 200. The second-order valence-electron chi connectivity index (χ2n) is 14.1. The topological polar surface area (TPSA) is 174 Å². The van der Waals surface area contributed by atoms with Gasteiger partial charge in [0.25, 0.3) is 0 Å². The van der Waals surface area contributed by atoms with Gasteiger partial charge in [0.15, 0.2) is 6.61 Å². The number of amides is 1. The van der Waals surface area contributed by atoms with Crippen molar-refractivity contribution in [3.8, 4) is 0 Å². The van der Waals surface area contributed by atoms with Crippen LogP contribution in [0, 0.1) is 10.8 Å². The first-order chi connectivity index (χ1) is 27.0. The summed E-state index contributed by atoms with van der Waals surface area (Å²) in [4.78, 5) is 60.6. The third kappa shape index (κ3) is 15.7. The number of nitrogens with one attached hydrogen (secondary N) is 2. The summed E-state index contributed by atoms with van der Waals surface area (Å²) in [6.07, 6.45) is -34.2. The number of ether oxygens (including phenoxy) is 7. The van der Waals surface area contributed by atoms with Crippen molar-refractivity contribution in [2.75, 3.05) is 39.6 Å². The molecule has 0 bridgehead atoms. The number of hydrogen-bond donors (Lipinski definition) is 2. The maximum Gasteiger partial charge on any atom is 0.462 e. The zero-order chi connectivity index (χ0) is 46.8. The minimum Gasteiger partial charge on any atom is -0.464 e. The maximum atomic E-state index is 14.0. The van der Waals surface area contributed by atoms with Crippen LogP contribution in [0.1, 0.15) is 40.0 Å². The fraction of sp³-hybridized carbons (Fsp3) is 0.667. The Morgan fingerprint density at radius 1 is 0.617 bits per heavy atom. The van der Waals surface area contributed by atoms with E-state index in [9.17, 15) is 81.0 Å². The predicted molar refractivity (Wildman–Crippen MR) is 172 cm³/mol. The Kier molecular flexibility index (Phi) is 17.6. The molecule has 0 saturated heterocycles. The lowest BCUT2D eigenvalue weighted by molar-refractivity contribution is -0.540. The lowest BCUT2D eigenvalue weighted by atomic mass is 9.67. The summed E-state index contributed by atoms with van der Waals surface area (Å²) in [5.74, 6) is -11.4. The molecule has 27 heteroatoms. The highest BCUT2D eigenvalue weighted by Gasteiger charge is 2.79. The number of esters is 4. The Labute approximate surface area is 331 Å². The molecule has 1 aliphatic rings. The van der Waals surface area contributed by atoms with Crippen LogP contribution in [-0.2, 0) is 52.3 Å². The van der Waals surface area contributed by atoms with Crippen LogP contribution in [0.25, 0.3) is 0 Å². The number of carbonyl (C=O) groups excluding carboxylic acids is 5. The number of halogens is 13. The van der Waals surface area contributed by atoms with Crippen LogP contribution in [0.3, 0.4) is 0 Å². The molecule has 0 aromatic heterocycles. The molecular weight excluding hydrogens is 863 g/mol. The van der Waals surface area contributed by atoms with E-state index in [2.05, 4.69) is 39.8 Å². The van der Waals surface area contributed by atoms with Gasteiger partial charge in [-0.3, -0.25) is 4.79 Å². The van der Waals surface area contributed by atoms with E-state index in [1.54, 1.807) is 18.6 Å². The third-order valence-corrected chi connectivity index (χ3v) is 7.91. The molecule has 60 heavy (non-hydrogen) atoms. The van der Waals surface area contributed by atoms with E-state index in [-0.39, 0.29) is 19.3 Å². The van der Waals surface area contributed by atoms with Gasteiger partial charge < -0.3 is 34.3 Å². The van der Waals surface area contributed by atoms with Gasteiger partial charge in [-0.1, -0.05) is 33.6 Å². The van der Waals surface area contributed by atoms with Crippen LogP contribution in [0.2, 0.25) is 0 Å². The van der Waals surface area contributed by atoms with Crippen LogP contribution >= 0.6 is 0 Å². The third-order valence-electron chi connectivity index (χ3n) is 7.91. The largest absolute Gasteiger partial charge is 0.464 e. The van der Waals surface area contributed by atoms with Crippen LogP contribution in [0.15, 0.2) is 38.0 Å². The van der Waals surface area contributed by atoms with Gasteiger partial charge in [-0.05, 0) is 31.6 Å². The van der Waals surface area contributed by atoms with Gasteiger partial charge in [-0.2, -0.15) is 57.1 Å². The first kappa shape index (κ1) is 53.4. The van der Waals surface area contributed by atoms with E-state index >= 15 is 0 Å². The second kappa shape index (κ2) is 19.8. The van der Waals surface area contributed by atoms with Crippen LogP contribution in [-0.4, -0.2) is 118 Å². The van der Waals surface area contributed by atoms with Crippen LogP contribution in [0.5, 0.6) is 0 Å².